The Morgan fingerprint density at radius 2 is 0.477 bits per heavy atom. The van der Waals surface area contributed by atoms with Gasteiger partial charge in [-0.25, -0.2) is 9.13 Å². The van der Waals surface area contributed by atoms with Crippen LogP contribution < -0.4 is 0 Å². The Morgan fingerprint density at radius 1 is 0.257 bits per heavy atom. The number of aliphatic hydroxyl groups is 2. The molecule has 5 atom stereocenters. The number of allylic oxidation sites excluding steroid dienone is 30. The Labute approximate surface area is 662 Å². The van der Waals surface area contributed by atoms with Crippen LogP contribution in [0.1, 0.15) is 316 Å². The van der Waals surface area contributed by atoms with Gasteiger partial charge in [0.2, 0.25) is 0 Å². The van der Waals surface area contributed by atoms with Crippen LogP contribution in [0.5, 0.6) is 0 Å². The average molecular weight is 1560 g/mol. The fraction of sp³-hybridized carbons (Fsp3) is 0.637. The summed E-state index contributed by atoms with van der Waals surface area (Å²) in [5, 5.41) is 20.7. The molecule has 0 heterocycles. The standard InChI is InChI=1S/C91H150O16P2/c1-4-7-10-13-16-19-22-25-28-31-34-35-36-37-38-39-40-41-42-43-44-45-46-47-48-49-52-54-56-59-62-65-68-71-74-77-89(94)101-80-86(92)81-103-108(97,98)104-82-87(93)83-105-109(99,100)106-85-88(107-91(96)79-76-73-70-67-64-61-58-55-51-33-30-27-24-21-18-15-12-9-6-3)84-102-90(95)78-75-72-69-66-63-60-57-53-50-32-29-26-23-20-17-14-11-8-5-2/h7-12,16-21,25-30,34-35,37-38,50-51,53,55,60,63,69,72,86-88,92-93H,4-6,13-15,22-24,31-33,36,39-49,52,54,56-59,61-62,64-68,70-71,73-85H2,1-3H3,(H,97,98)(H,99,100)/b10-7-,11-8-,12-9-,19-16-,20-17-,21-18-,28-25-,29-26-,30-27-,35-34-,38-37-,53-50-,55-51-,63-60-,72-69-. The Balaban J connectivity index is 4.51. The molecule has 620 valence electrons. The van der Waals surface area contributed by atoms with E-state index in [-0.39, 0.29) is 19.3 Å². The lowest BCUT2D eigenvalue weighted by Gasteiger charge is -2.21. The van der Waals surface area contributed by atoms with Gasteiger partial charge in [-0.05, 0) is 141 Å². The average Bonchev–Trinajstić information content (AvgIpc) is 0.903. The molecule has 0 radical (unpaired) electrons. The molecule has 109 heavy (non-hydrogen) atoms. The fourth-order valence-corrected chi connectivity index (χ4v) is 12.4. The van der Waals surface area contributed by atoms with Gasteiger partial charge in [-0.1, -0.05) is 338 Å². The quantitative estimate of drug-likeness (QED) is 0.0146. The van der Waals surface area contributed by atoms with Gasteiger partial charge in [-0.3, -0.25) is 32.5 Å². The number of unbranched alkanes of at least 4 members (excludes halogenated alkanes) is 25. The lowest BCUT2D eigenvalue weighted by atomic mass is 10.0. The fourth-order valence-electron chi connectivity index (χ4n) is 10.9. The van der Waals surface area contributed by atoms with Gasteiger partial charge in [0.1, 0.15) is 25.4 Å². The topological polar surface area (TPSA) is 231 Å². The molecule has 0 amide bonds. The van der Waals surface area contributed by atoms with Crippen LogP contribution in [-0.2, 0) is 55.8 Å². The molecule has 0 aliphatic heterocycles. The van der Waals surface area contributed by atoms with Gasteiger partial charge < -0.3 is 34.2 Å². The predicted molar refractivity (Wildman–Crippen MR) is 454 cm³/mol. The molecule has 0 bridgehead atoms. The summed E-state index contributed by atoms with van der Waals surface area (Å²) in [5.41, 5.74) is 0. The molecule has 16 nitrogen and oxygen atoms in total. The van der Waals surface area contributed by atoms with Crippen LogP contribution in [0.2, 0.25) is 0 Å². The summed E-state index contributed by atoms with van der Waals surface area (Å²) < 4.78 is 61.1. The van der Waals surface area contributed by atoms with E-state index < -0.39 is 91.5 Å². The minimum atomic E-state index is -4.96. The second kappa shape index (κ2) is 82.1. The summed E-state index contributed by atoms with van der Waals surface area (Å²) in [6.07, 6.45) is 107. The Hall–Kier alpha value is -5.35. The second-order valence-electron chi connectivity index (χ2n) is 27.5. The number of hydrogen-bond donors (Lipinski definition) is 4. The van der Waals surface area contributed by atoms with Crippen molar-refractivity contribution < 1.29 is 75.8 Å². The Bertz CT molecular complexity index is 2710. The molecule has 0 saturated carbocycles. The number of rotatable bonds is 78. The zero-order valence-corrected chi connectivity index (χ0v) is 69.7. The van der Waals surface area contributed by atoms with E-state index in [2.05, 4.69) is 185 Å². The van der Waals surface area contributed by atoms with Crippen LogP contribution in [0.15, 0.2) is 182 Å². The smallest absolute Gasteiger partial charge is 0.463 e. The highest BCUT2D eigenvalue weighted by molar-refractivity contribution is 7.47. The zero-order chi connectivity index (χ0) is 79.4. The molecule has 0 rings (SSSR count). The Morgan fingerprint density at radius 3 is 0.780 bits per heavy atom. The van der Waals surface area contributed by atoms with Crippen molar-refractivity contribution in [3.8, 4) is 0 Å². The van der Waals surface area contributed by atoms with Crippen LogP contribution in [-0.4, -0.2) is 95.9 Å². The minimum Gasteiger partial charge on any atom is -0.463 e. The monoisotopic (exact) mass is 1560 g/mol. The van der Waals surface area contributed by atoms with Crippen molar-refractivity contribution in [2.24, 2.45) is 0 Å². The van der Waals surface area contributed by atoms with Crippen molar-refractivity contribution >= 4 is 33.6 Å². The van der Waals surface area contributed by atoms with Crippen LogP contribution in [0, 0.1) is 0 Å². The number of aliphatic hydroxyl groups excluding tert-OH is 2. The predicted octanol–water partition coefficient (Wildman–Crippen LogP) is 25.3. The van der Waals surface area contributed by atoms with Crippen molar-refractivity contribution in [3.63, 3.8) is 0 Å². The SMILES string of the molecule is CC/C=C\C/C=C\C/C=C\C/C=C\C/C=C\C/C=C\CCC(=O)OCC(COP(=O)(O)OCC(O)COP(=O)(O)OCC(O)COC(=O)CCCCCCCCCCCCCCCCCCCCC/C=C\C/C=C\C/C=C\C/C=C\C/C=C\CC)OC(=O)CCCCCCCC/C=C\C/C=C\C/C=C\C/C=C\CC. The number of phosphoric ester groups is 2. The summed E-state index contributed by atoms with van der Waals surface area (Å²) in [7, 11) is -9.83. The first-order valence-corrected chi connectivity index (χ1v) is 45.1. The van der Waals surface area contributed by atoms with E-state index >= 15 is 0 Å². The van der Waals surface area contributed by atoms with E-state index in [1.54, 1.807) is 0 Å². The molecule has 0 aromatic carbocycles. The summed E-state index contributed by atoms with van der Waals surface area (Å²) in [5.74, 6) is -1.69. The lowest BCUT2D eigenvalue weighted by Crippen LogP contribution is -2.30. The highest BCUT2D eigenvalue weighted by Gasteiger charge is 2.29. The first-order valence-electron chi connectivity index (χ1n) is 42.1. The normalized spacial score (nSPS) is 14.8. The highest BCUT2D eigenvalue weighted by atomic mass is 31.2. The highest BCUT2D eigenvalue weighted by Crippen LogP contribution is 2.45. The van der Waals surface area contributed by atoms with Gasteiger partial charge in [0.15, 0.2) is 6.10 Å². The molecule has 0 saturated heterocycles. The number of esters is 3. The largest absolute Gasteiger partial charge is 0.472 e. The first kappa shape index (κ1) is 104. The third-order valence-corrected chi connectivity index (χ3v) is 19.0. The van der Waals surface area contributed by atoms with Crippen molar-refractivity contribution in [2.75, 3.05) is 39.6 Å². The van der Waals surface area contributed by atoms with Crippen molar-refractivity contribution in [3.05, 3.63) is 182 Å². The van der Waals surface area contributed by atoms with Gasteiger partial charge in [-0.2, -0.15) is 0 Å². The van der Waals surface area contributed by atoms with E-state index in [0.717, 1.165) is 148 Å². The van der Waals surface area contributed by atoms with Crippen LogP contribution in [0.4, 0.5) is 0 Å². The summed E-state index contributed by atoms with van der Waals surface area (Å²) >= 11 is 0. The van der Waals surface area contributed by atoms with Crippen molar-refractivity contribution in [1.29, 1.82) is 0 Å². The van der Waals surface area contributed by atoms with Gasteiger partial charge in [0.25, 0.3) is 0 Å². The zero-order valence-electron chi connectivity index (χ0n) is 67.9. The molecule has 0 aromatic rings. The van der Waals surface area contributed by atoms with E-state index in [9.17, 15) is 43.5 Å². The minimum absolute atomic E-state index is 0.0359. The van der Waals surface area contributed by atoms with E-state index in [1.165, 1.54) is 103 Å². The molecule has 0 aliphatic rings. The number of phosphoric acid groups is 2. The molecule has 0 spiro atoms. The van der Waals surface area contributed by atoms with E-state index in [4.69, 9.17) is 32.3 Å². The Kier molecular flexibility index (Phi) is 78.1. The maximum atomic E-state index is 13.0. The maximum Gasteiger partial charge on any atom is 0.472 e. The number of carbonyl (C=O) groups excluding carboxylic acids is 3. The van der Waals surface area contributed by atoms with E-state index in [1.807, 2.05) is 18.2 Å². The van der Waals surface area contributed by atoms with Gasteiger partial charge in [-0.15, -0.1) is 0 Å². The molecule has 5 unspecified atom stereocenters. The van der Waals surface area contributed by atoms with E-state index in [0.29, 0.717) is 25.7 Å². The maximum absolute atomic E-state index is 13.0. The lowest BCUT2D eigenvalue weighted by molar-refractivity contribution is -0.161. The molecular formula is C91H150O16P2. The van der Waals surface area contributed by atoms with Crippen LogP contribution in [0.3, 0.4) is 0 Å². The summed E-state index contributed by atoms with van der Waals surface area (Å²) in [6.45, 7) is 2.24. The second-order valence-corrected chi connectivity index (χ2v) is 30.4. The summed E-state index contributed by atoms with van der Waals surface area (Å²) in [6, 6.07) is 0. The van der Waals surface area contributed by atoms with Gasteiger partial charge >= 0.3 is 33.6 Å². The molecule has 0 aromatic heterocycles. The molecule has 0 aliphatic carbocycles. The number of hydrogen-bond acceptors (Lipinski definition) is 14. The molecular weight excluding hydrogens is 1410 g/mol. The number of ether oxygens (including phenoxy) is 3. The van der Waals surface area contributed by atoms with Crippen LogP contribution in [0.25, 0.3) is 0 Å². The summed E-state index contributed by atoms with van der Waals surface area (Å²) in [4.78, 5) is 58.7. The van der Waals surface area contributed by atoms with Gasteiger partial charge in [0, 0.05) is 19.3 Å². The van der Waals surface area contributed by atoms with Crippen molar-refractivity contribution in [1.82, 2.24) is 0 Å². The third kappa shape index (κ3) is 83.4. The molecule has 0 fully saturated rings. The molecule has 4 N–H and O–H groups in total. The molecule has 18 heteroatoms. The first-order chi connectivity index (χ1) is 53.2. The van der Waals surface area contributed by atoms with Crippen molar-refractivity contribution in [2.45, 2.75) is 334 Å². The van der Waals surface area contributed by atoms with Crippen LogP contribution >= 0.6 is 15.6 Å². The van der Waals surface area contributed by atoms with Gasteiger partial charge in [0.05, 0.1) is 26.4 Å². The number of carbonyl (C=O) groups is 3. The third-order valence-electron chi connectivity index (χ3n) is 17.1.